The first-order chi connectivity index (χ1) is 8.72. The fraction of sp³-hybridized carbons (Fsp3) is 0.615. The molecule has 5 heteroatoms. The lowest BCUT2D eigenvalue weighted by atomic mass is 10.2. The Hall–Kier alpha value is -1.00. The van der Waals surface area contributed by atoms with Crippen molar-refractivity contribution >= 4 is 23.1 Å². The standard InChI is InChI=1S/C13H19ClN4/c14-12-7-10(15)8-13(16-12)18-6-3-11(9-18)17-4-1-2-5-17/h7-8,11H,1-6,9H2,(H2,15,16). The predicted molar refractivity (Wildman–Crippen MR) is 75.1 cm³/mol. The van der Waals surface area contributed by atoms with E-state index >= 15 is 0 Å². The molecule has 4 nitrogen and oxygen atoms in total. The zero-order valence-electron chi connectivity index (χ0n) is 10.5. The Morgan fingerprint density at radius 2 is 2.00 bits per heavy atom. The molecule has 2 N–H and O–H groups in total. The van der Waals surface area contributed by atoms with Crippen molar-refractivity contribution in [2.75, 3.05) is 36.8 Å². The van der Waals surface area contributed by atoms with Crippen molar-refractivity contribution in [3.63, 3.8) is 0 Å². The van der Waals surface area contributed by atoms with Gasteiger partial charge < -0.3 is 10.6 Å². The van der Waals surface area contributed by atoms with E-state index in [-0.39, 0.29) is 0 Å². The molecule has 2 aliphatic rings. The summed E-state index contributed by atoms with van der Waals surface area (Å²) in [5.74, 6) is 0.918. The molecule has 18 heavy (non-hydrogen) atoms. The minimum atomic E-state index is 0.481. The van der Waals surface area contributed by atoms with E-state index in [1.165, 1.54) is 32.4 Å². The number of aromatic nitrogens is 1. The van der Waals surface area contributed by atoms with E-state index < -0.39 is 0 Å². The maximum absolute atomic E-state index is 5.96. The smallest absolute Gasteiger partial charge is 0.133 e. The van der Waals surface area contributed by atoms with Crippen LogP contribution in [0.4, 0.5) is 11.5 Å². The molecule has 0 radical (unpaired) electrons. The van der Waals surface area contributed by atoms with Crippen LogP contribution in [0, 0.1) is 0 Å². The topological polar surface area (TPSA) is 45.4 Å². The van der Waals surface area contributed by atoms with Gasteiger partial charge in [0, 0.05) is 30.9 Å². The number of hydrogen-bond donors (Lipinski definition) is 1. The van der Waals surface area contributed by atoms with Gasteiger partial charge in [-0.25, -0.2) is 4.98 Å². The highest BCUT2D eigenvalue weighted by Crippen LogP contribution is 2.26. The van der Waals surface area contributed by atoms with Crippen molar-refractivity contribution in [3.05, 3.63) is 17.3 Å². The lowest BCUT2D eigenvalue weighted by Gasteiger charge is -2.24. The molecule has 0 aromatic carbocycles. The number of hydrogen-bond acceptors (Lipinski definition) is 4. The number of nitrogen functional groups attached to an aromatic ring is 1. The molecule has 0 amide bonds. The number of likely N-dealkylation sites (tertiary alicyclic amines) is 1. The lowest BCUT2D eigenvalue weighted by Crippen LogP contribution is -2.35. The van der Waals surface area contributed by atoms with Crippen molar-refractivity contribution in [2.24, 2.45) is 0 Å². The van der Waals surface area contributed by atoms with Crippen LogP contribution in [0.25, 0.3) is 0 Å². The number of rotatable bonds is 2. The quantitative estimate of drug-likeness (QED) is 0.832. The van der Waals surface area contributed by atoms with Crippen LogP contribution in [0.5, 0.6) is 0 Å². The van der Waals surface area contributed by atoms with E-state index in [2.05, 4.69) is 14.8 Å². The molecule has 3 heterocycles. The number of nitrogens with two attached hydrogens (primary N) is 1. The summed E-state index contributed by atoms with van der Waals surface area (Å²) in [5.41, 5.74) is 6.51. The Labute approximate surface area is 113 Å². The van der Waals surface area contributed by atoms with Crippen LogP contribution in [-0.4, -0.2) is 42.1 Å². The van der Waals surface area contributed by atoms with Gasteiger partial charge >= 0.3 is 0 Å². The van der Waals surface area contributed by atoms with Crippen molar-refractivity contribution in [1.29, 1.82) is 0 Å². The fourth-order valence-electron chi connectivity index (χ4n) is 3.02. The number of nitrogens with zero attached hydrogens (tertiary/aromatic N) is 3. The molecule has 3 rings (SSSR count). The van der Waals surface area contributed by atoms with Crippen LogP contribution < -0.4 is 10.6 Å². The predicted octanol–water partition coefficient (Wildman–Crippen LogP) is 1.99. The summed E-state index contributed by atoms with van der Waals surface area (Å²) in [6, 6.07) is 4.28. The van der Waals surface area contributed by atoms with Crippen LogP contribution in [0.1, 0.15) is 19.3 Å². The average molecular weight is 267 g/mol. The molecular formula is C13H19ClN4. The zero-order valence-corrected chi connectivity index (χ0v) is 11.2. The summed E-state index contributed by atoms with van der Waals surface area (Å²) < 4.78 is 0. The van der Waals surface area contributed by atoms with E-state index in [1.807, 2.05) is 6.07 Å². The van der Waals surface area contributed by atoms with Gasteiger partial charge in [-0.2, -0.15) is 0 Å². The lowest BCUT2D eigenvalue weighted by molar-refractivity contribution is 0.260. The van der Waals surface area contributed by atoms with E-state index in [9.17, 15) is 0 Å². The Bertz CT molecular complexity index is 411. The van der Waals surface area contributed by atoms with Gasteiger partial charge in [0.15, 0.2) is 0 Å². The van der Waals surface area contributed by atoms with Crippen LogP contribution in [0.2, 0.25) is 5.15 Å². The first kappa shape index (κ1) is 12.1. The van der Waals surface area contributed by atoms with Crippen LogP contribution >= 0.6 is 11.6 Å². The fourth-order valence-corrected chi connectivity index (χ4v) is 3.23. The first-order valence-electron chi connectivity index (χ1n) is 6.64. The summed E-state index contributed by atoms with van der Waals surface area (Å²) >= 11 is 5.96. The maximum atomic E-state index is 5.96. The van der Waals surface area contributed by atoms with Gasteiger partial charge in [-0.3, -0.25) is 4.90 Å². The highest BCUT2D eigenvalue weighted by molar-refractivity contribution is 6.29. The molecule has 1 aromatic heterocycles. The summed E-state index contributed by atoms with van der Waals surface area (Å²) in [5, 5.41) is 0.481. The third-order valence-corrected chi connectivity index (χ3v) is 4.14. The van der Waals surface area contributed by atoms with Gasteiger partial charge in [0.2, 0.25) is 0 Å². The molecule has 2 aliphatic heterocycles. The largest absolute Gasteiger partial charge is 0.399 e. The molecule has 0 bridgehead atoms. The van der Waals surface area contributed by atoms with E-state index in [0.717, 1.165) is 18.9 Å². The Balaban J connectivity index is 1.70. The number of anilines is 2. The van der Waals surface area contributed by atoms with Gasteiger partial charge in [-0.15, -0.1) is 0 Å². The zero-order chi connectivity index (χ0) is 12.5. The maximum Gasteiger partial charge on any atom is 0.133 e. The van der Waals surface area contributed by atoms with Crippen LogP contribution in [0.3, 0.4) is 0 Å². The van der Waals surface area contributed by atoms with Crippen LogP contribution in [-0.2, 0) is 0 Å². The minimum Gasteiger partial charge on any atom is -0.399 e. The number of pyridine rings is 1. The molecule has 1 aromatic rings. The summed E-state index contributed by atoms with van der Waals surface area (Å²) in [4.78, 5) is 9.27. The van der Waals surface area contributed by atoms with Gasteiger partial charge in [0.25, 0.3) is 0 Å². The molecule has 2 fully saturated rings. The van der Waals surface area contributed by atoms with Gasteiger partial charge in [0.05, 0.1) is 0 Å². The average Bonchev–Trinajstić information content (AvgIpc) is 2.99. The second-order valence-electron chi connectivity index (χ2n) is 5.21. The Morgan fingerprint density at radius 1 is 1.22 bits per heavy atom. The van der Waals surface area contributed by atoms with Crippen molar-refractivity contribution in [3.8, 4) is 0 Å². The van der Waals surface area contributed by atoms with Crippen molar-refractivity contribution in [2.45, 2.75) is 25.3 Å². The van der Waals surface area contributed by atoms with Crippen molar-refractivity contribution in [1.82, 2.24) is 9.88 Å². The first-order valence-corrected chi connectivity index (χ1v) is 7.02. The Morgan fingerprint density at radius 3 is 2.72 bits per heavy atom. The second-order valence-corrected chi connectivity index (χ2v) is 5.60. The van der Waals surface area contributed by atoms with E-state index in [4.69, 9.17) is 17.3 Å². The van der Waals surface area contributed by atoms with E-state index in [0.29, 0.717) is 16.9 Å². The Kier molecular flexibility index (Phi) is 3.31. The molecule has 2 saturated heterocycles. The molecule has 0 saturated carbocycles. The summed E-state index contributed by atoms with van der Waals surface area (Å²) in [6.45, 7) is 4.61. The summed E-state index contributed by atoms with van der Waals surface area (Å²) in [7, 11) is 0. The normalized spacial score (nSPS) is 24.9. The molecule has 1 unspecified atom stereocenters. The van der Waals surface area contributed by atoms with Crippen molar-refractivity contribution < 1.29 is 0 Å². The third-order valence-electron chi connectivity index (χ3n) is 3.95. The van der Waals surface area contributed by atoms with E-state index in [1.54, 1.807) is 6.07 Å². The summed E-state index contributed by atoms with van der Waals surface area (Å²) in [6.07, 6.45) is 3.91. The van der Waals surface area contributed by atoms with Gasteiger partial charge in [0.1, 0.15) is 11.0 Å². The molecule has 1 atom stereocenters. The monoisotopic (exact) mass is 266 g/mol. The molecule has 0 spiro atoms. The van der Waals surface area contributed by atoms with Gasteiger partial charge in [-0.1, -0.05) is 11.6 Å². The SMILES string of the molecule is Nc1cc(Cl)nc(N2CCC(N3CCCC3)C2)c1. The highest BCUT2D eigenvalue weighted by Gasteiger charge is 2.29. The second kappa shape index (κ2) is 4.94. The van der Waals surface area contributed by atoms with Crippen LogP contribution in [0.15, 0.2) is 12.1 Å². The molecule has 98 valence electrons. The van der Waals surface area contributed by atoms with Gasteiger partial charge in [-0.05, 0) is 38.4 Å². The number of halogens is 1. The third kappa shape index (κ3) is 2.40. The minimum absolute atomic E-state index is 0.481. The molecule has 0 aliphatic carbocycles. The molecular weight excluding hydrogens is 248 g/mol. The highest BCUT2D eigenvalue weighted by atomic mass is 35.5.